The molecule has 0 fully saturated rings. The lowest BCUT2D eigenvalue weighted by molar-refractivity contribution is 0.242. The van der Waals surface area contributed by atoms with E-state index in [0.29, 0.717) is 0 Å². The van der Waals surface area contributed by atoms with Crippen molar-refractivity contribution in [3.63, 3.8) is 0 Å². The molecule has 2 aromatic rings. The van der Waals surface area contributed by atoms with Gasteiger partial charge in [-0.2, -0.15) is 5.10 Å². The number of fused-ring (bicyclic) bond motifs is 1. The molecule has 0 atom stereocenters. The molecule has 0 aromatic carbocycles. The summed E-state index contributed by atoms with van der Waals surface area (Å²) in [7, 11) is 1.88. The zero-order chi connectivity index (χ0) is 14.3. The maximum Gasteiger partial charge on any atom is 0.131 e. The third-order valence-corrected chi connectivity index (χ3v) is 4.26. The molecule has 0 spiro atoms. The summed E-state index contributed by atoms with van der Waals surface area (Å²) in [6, 6.07) is 0. The highest BCUT2D eigenvalue weighted by atomic mass is 35.5. The van der Waals surface area contributed by atoms with Crippen LogP contribution in [0, 0.1) is 13.8 Å². The number of halogens is 1. The van der Waals surface area contributed by atoms with E-state index in [4.69, 9.17) is 11.6 Å². The van der Waals surface area contributed by atoms with Gasteiger partial charge >= 0.3 is 0 Å². The number of nitrogens with zero attached hydrogens (tertiary/aromatic N) is 5. The summed E-state index contributed by atoms with van der Waals surface area (Å²) in [4.78, 5) is 11.2. The highest BCUT2D eigenvalue weighted by Crippen LogP contribution is 2.24. The monoisotopic (exact) mass is 291 g/mol. The van der Waals surface area contributed by atoms with Crippen molar-refractivity contribution in [2.45, 2.75) is 33.4 Å². The SMILES string of the molecule is Cc1ncc2c(n1)CCN(Cc1c(C)nn(C)c1Cl)C2. The van der Waals surface area contributed by atoms with Gasteiger partial charge in [0.1, 0.15) is 11.0 Å². The third kappa shape index (κ3) is 2.43. The molecule has 0 saturated heterocycles. The van der Waals surface area contributed by atoms with E-state index in [0.717, 1.165) is 48.3 Å². The van der Waals surface area contributed by atoms with Crippen LogP contribution >= 0.6 is 11.6 Å². The average Bonchev–Trinajstić information content (AvgIpc) is 2.65. The molecule has 1 aliphatic rings. The van der Waals surface area contributed by atoms with Crippen molar-refractivity contribution in [2.75, 3.05) is 6.54 Å². The van der Waals surface area contributed by atoms with E-state index in [1.54, 1.807) is 4.68 Å². The summed E-state index contributed by atoms with van der Waals surface area (Å²) in [5.74, 6) is 0.850. The fraction of sp³-hybridized carbons (Fsp3) is 0.500. The molecule has 6 heteroatoms. The molecule has 0 aliphatic carbocycles. The molecule has 0 amide bonds. The minimum absolute atomic E-state index is 0.730. The van der Waals surface area contributed by atoms with Gasteiger partial charge in [-0.15, -0.1) is 0 Å². The van der Waals surface area contributed by atoms with Gasteiger partial charge in [-0.1, -0.05) is 11.6 Å². The summed E-state index contributed by atoms with van der Waals surface area (Å²) in [5, 5.41) is 5.10. The molecular formula is C14H18ClN5. The first-order valence-corrected chi connectivity index (χ1v) is 7.14. The van der Waals surface area contributed by atoms with Gasteiger partial charge in [0, 0.05) is 56.1 Å². The second-order valence-electron chi connectivity index (χ2n) is 5.33. The first-order valence-electron chi connectivity index (χ1n) is 6.76. The fourth-order valence-corrected chi connectivity index (χ4v) is 2.92. The van der Waals surface area contributed by atoms with Crippen molar-refractivity contribution in [3.05, 3.63) is 39.7 Å². The molecule has 2 aromatic heterocycles. The topological polar surface area (TPSA) is 46.8 Å². The van der Waals surface area contributed by atoms with Crippen LogP contribution in [0.3, 0.4) is 0 Å². The largest absolute Gasteiger partial charge is 0.294 e. The Morgan fingerprint density at radius 3 is 2.85 bits per heavy atom. The Balaban J connectivity index is 1.79. The Morgan fingerprint density at radius 1 is 1.35 bits per heavy atom. The van der Waals surface area contributed by atoms with Crippen LogP contribution in [0.4, 0.5) is 0 Å². The lowest BCUT2D eigenvalue weighted by Gasteiger charge is -2.27. The zero-order valence-corrected chi connectivity index (χ0v) is 12.8. The van der Waals surface area contributed by atoms with Crippen molar-refractivity contribution in [1.82, 2.24) is 24.6 Å². The van der Waals surface area contributed by atoms with Crippen molar-refractivity contribution < 1.29 is 0 Å². The number of hydrogen-bond donors (Lipinski definition) is 0. The minimum Gasteiger partial charge on any atom is -0.294 e. The molecule has 106 valence electrons. The molecule has 3 rings (SSSR count). The highest BCUT2D eigenvalue weighted by molar-refractivity contribution is 6.30. The normalized spacial score (nSPS) is 15.4. The minimum atomic E-state index is 0.730. The lowest BCUT2D eigenvalue weighted by atomic mass is 10.1. The van der Waals surface area contributed by atoms with Crippen LogP contribution in [0.2, 0.25) is 5.15 Å². The van der Waals surface area contributed by atoms with Gasteiger partial charge in [0.2, 0.25) is 0 Å². The van der Waals surface area contributed by atoms with Crippen LogP contribution in [0.15, 0.2) is 6.20 Å². The van der Waals surface area contributed by atoms with Crippen LogP contribution in [0.5, 0.6) is 0 Å². The molecular weight excluding hydrogens is 274 g/mol. The Bertz CT molecular complexity index is 649. The van der Waals surface area contributed by atoms with E-state index in [1.807, 2.05) is 27.1 Å². The van der Waals surface area contributed by atoms with Crippen LogP contribution < -0.4 is 0 Å². The lowest BCUT2D eigenvalue weighted by Crippen LogP contribution is -2.31. The van der Waals surface area contributed by atoms with E-state index in [-0.39, 0.29) is 0 Å². The summed E-state index contributed by atoms with van der Waals surface area (Å²) < 4.78 is 1.73. The Kier molecular flexibility index (Phi) is 3.48. The molecule has 0 N–H and O–H groups in total. The molecule has 20 heavy (non-hydrogen) atoms. The van der Waals surface area contributed by atoms with Gasteiger partial charge in [-0.25, -0.2) is 9.97 Å². The Labute approximate surface area is 123 Å². The van der Waals surface area contributed by atoms with Gasteiger partial charge in [0.05, 0.1) is 5.69 Å². The van der Waals surface area contributed by atoms with Gasteiger partial charge in [0.15, 0.2) is 0 Å². The molecule has 0 bridgehead atoms. The van der Waals surface area contributed by atoms with Gasteiger partial charge in [-0.05, 0) is 13.8 Å². The van der Waals surface area contributed by atoms with E-state index >= 15 is 0 Å². The Morgan fingerprint density at radius 2 is 2.15 bits per heavy atom. The maximum atomic E-state index is 6.30. The van der Waals surface area contributed by atoms with Crippen molar-refractivity contribution in [3.8, 4) is 0 Å². The van der Waals surface area contributed by atoms with E-state index in [2.05, 4.69) is 20.0 Å². The third-order valence-electron chi connectivity index (χ3n) is 3.79. The summed E-state index contributed by atoms with van der Waals surface area (Å²) >= 11 is 6.30. The molecule has 0 saturated carbocycles. The van der Waals surface area contributed by atoms with E-state index in [1.165, 1.54) is 11.3 Å². The highest BCUT2D eigenvalue weighted by Gasteiger charge is 2.21. The first-order chi connectivity index (χ1) is 9.54. The van der Waals surface area contributed by atoms with Crippen LogP contribution in [-0.4, -0.2) is 31.2 Å². The van der Waals surface area contributed by atoms with Gasteiger partial charge in [0.25, 0.3) is 0 Å². The summed E-state index contributed by atoms with van der Waals surface area (Å²) in [6.07, 6.45) is 2.91. The number of aryl methyl sites for hydroxylation is 3. The Hall–Kier alpha value is -1.46. The second kappa shape index (κ2) is 5.14. The predicted molar refractivity (Wildman–Crippen MR) is 77.5 cm³/mol. The van der Waals surface area contributed by atoms with Gasteiger partial charge in [-0.3, -0.25) is 9.58 Å². The first kappa shape index (κ1) is 13.5. The van der Waals surface area contributed by atoms with E-state index in [9.17, 15) is 0 Å². The van der Waals surface area contributed by atoms with Crippen molar-refractivity contribution >= 4 is 11.6 Å². The quantitative estimate of drug-likeness (QED) is 0.849. The summed E-state index contributed by atoms with van der Waals surface area (Å²) in [6.45, 7) is 6.64. The molecule has 3 heterocycles. The van der Waals surface area contributed by atoms with Crippen LogP contribution in [0.1, 0.15) is 28.3 Å². The van der Waals surface area contributed by atoms with Gasteiger partial charge < -0.3 is 0 Å². The van der Waals surface area contributed by atoms with Crippen LogP contribution in [-0.2, 0) is 26.6 Å². The van der Waals surface area contributed by atoms with Crippen molar-refractivity contribution in [2.24, 2.45) is 7.05 Å². The van der Waals surface area contributed by atoms with Crippen LogP contribution in [0.25, 0.3) is 0 Å². The molecule has 0 unspecified atom stereocenters. The van der Waals surface area contributed by atoms with E-state index < -0.39 is 0 Å². The predicted octanol–water partition coefficient (Wildman–Crippen LogP) is 2.04. The smallest absolute Gasteiger partial charge is 0.131 e. The van der Waals surface area contributed by atoms with Crippen molar-refractivity contribution in [1.29, 1.82) is 0 Å². The molecule has 1 aliphatic heterocycles. The average molecular weight is 292 g/mol. The molecule has 5 nitrogen and oxygen atoms in total. The standard InChI is InChI=1S/C14H18ClN5/c1-9-12(14(15)19(3)18-9)8-20-5-4-13-11(7-20)6-16-10(2)17-13/h6H,4-5,7-8H2,1-3H3. The maximum absolute atomic E-state index is 6.30. The number of aromatic nitrogens is 4. The second-order valence-corrected chi connectivity index (χ2v) is 5.69. The summed E-state index contributed by atoms with van der Waals surface area (Å²) in [5.41, 5.74) is 4.52. The zero-order valence-electron chi connectivity index (χ0n) is 12.0. The number of rotatable bonds is 2. The molecule has 0 radical (unpaired) electrons. The fourth-order valence-electron chi connectivity index (χ4n) is 2.69. The number of hydrogen-bond acceptors (Lipinski definition) is 4.